The van der Waals surface area contributed by atoms with Crippen molar-refractivity contribution in [2.75, 3.05) is 18.1 Å². The third-order valence-corrected chi connectivity index (χ3v) is 4.63. The van der Waals surface area contributed by atoms with Crippen molar-refractivity contribution in [2.24, 2.45) is 0 Å². The SMILES string of the molecule is CS(=O)(=O)c1ccc(F)c(NC(=O)CCNC(=O)Cc2ccccc2)c1. The van der Waals surface area contributed by atoms with Gasteiger partial charge in [-0.05, 0) is 23.8 Å². The van der Waals surface area contributed by atoms with Crippen LogP contribution in [0, 0.1) is 5.82 Å². The Hall–Kier alpha value is -2.74. The Bertz CT molecular complexity index is 899. The molecule has 0 aromatic heterocycles. The van der Waals surface area contributed by atoms with E-state index in [1.165, 1.54) is 0 Å². The zero-order chi connectivity index (χ0) is 19.2. The molecular formula is C18H19FN2O4S. The number of hydrogen-bond donors (Lipinski definition) is 2. The number of rotatable bonds is 7. The van der Waals surface area contributed by atoms with E-state index in [-0.39, 0.29) is 35.9 Å². The van der Waals surface area contributed by atoms with Crippen LogP contribution in [0.5, 0.6) is 0 Å². The molecule has 0 spiro atoms. The van der Waals surface area contributed by atoms with Crippen molar-refractivity contribution in [3.63, 3.8) is 0 Å². The van der Waals surface area contributed by atoms with Crippen LogP contribution in [0.1, 0.15) is 12.0 Å². The molecule has 138 valence electrons. The lowest BCUT2D eigenvalue weighted by molar-refractivity contribution is -0.120. The average Bonchev–Trinajstić information content (AvgIpc) is 2.56. The summed E-state index contributed by atoms with van der Waals surface area (Å²) in [5.74, 6) is -1.50. The maximum absolute atomic E-state index is 13.7. The molecule has 0 bridgehead atoms. The third kappa shape index (κ3) is 5.96. The van der Waals surface area contributed by atoms with Gasteiger partial charge in [0.05, 0.1) is 17.0 Å². The van der Waals surface area contributed by atoms with E-state index < -0.39 is 21.6 Å². The van der Waals surface area contributed by atoms with Crippen molar-refractivity contribution in [3.05, 3.63) is 59.9 Å². The molecule has 2 aromatic rings. The van der Waals surface area contributed by atoms with Gasteiger partial charge in [0.1, 0.15) is 5.82 Å². The van der Waals surface area contributed by atoms with Gasteiger partial charge in [-0.15, -0.1) is 0 Å². The predicted octanol–water partition coefficient (Wildman–Crippen LogP) is 1.92. The second kappa shape index (κ2) is 8.57. The highest BCUT2D eigenvalue weighted by atomic mass is 32.2. The molecular weight excluding hydrogens is 359 g/mol. The van der Waals surface area contributed by atoms with Crippen LogP contribution in [0.3, 0.4) is 0 Å². The Kier molecular flexibility index (Phi) is 6.46. The zero-order valence-corrected chi connectivity index (χ0v) is 15.0. The van der Waals surface area contributed by atoms with Gasteiger partial charge in [-0.3, -0.25) is 9.59 Å². The predicted molar refractivity (Wildman–Crippen MR) is 95.9 cm³/mol. The van der Waals surface area contributed by atoms with Crippen molar-refractivity contribution in [1.82, 2.24) is 5.32 Å². The molecule has 0 fully saturated rings. The molecule has 0 radical (unpaired) electrons. The summed E-state index contributed by atoms with van der Waals surface area (Å²) < 4.78 is 36.7. The fraction of sp³-hybridized carbons (Fsp3) is 0.222. The van der Waals surface area contributed by atoms with Crippen LogP contribution < -0.4 is 10.6 Å². The van der Waals surface area contributed by atoms with E-state index in [2.05, 4.69) is 10.6 Å². The summed E-state index contributed by atoms with van der Waals surface area (Å²) in [7, 11) is -3.51. The lowest BCUT2D eigenvalue weighted by Crippen LogP contribution is -2.29. The summed E-state index contributed by atoms with van der Waals surface area (Å²) in [5, 5.41) is 4.93. The van der Waals surface area contributed by atoms with Crippen LogP contribution in [0.4, 0.5) is 10.1 Å². The van der Waals surface area contributed by atoms with E-state index >= 15 is 0 Å². The van der Waals surface area contributed by atoms with E-state index in [9.17, 15) is 22.4 Å². The minimum atomic E-state index is -3.51. The van der Waals surface area contributed by atoms with E-state index in [1.54, 1.807) is 0 Å². The van der Waals surface area contributed by atoms with Gasteiger partial charge in [-0.1, -0.05) is 30.3 Å². The van der Waals surface area contributed by atoms with E-state index in [0.717, 1.165) is 30.0 Å². The first-order valence-corrected chi connectivity index (χ1v) is 9.75. The van der Waals surface area contributed by atoms with Gasteiger partial charge in [0.2, 0.25) is 11.8 Å². The largest absolute Gasteiger partial charge is 0.355 e. The molecule has 0 atom stereocenters. The molecule has 8 heteroatoms. The Labute approximate surface area is 151 Å². The number of halogens is 1. The minimum absolute atomic E-state index is 0.0664. The van der Waals surface area contributed by atoms with Gasteiger partial charge in [0.25, 0.3) is 0 Å². The van der Waals surface area contributed by atoms with Crippen LogP contribution in [0.25, 0.3) is 0 Å². The topological polar surface area (TPSA) is 92.3 Å². The highest BCUT2D eigenvalue weighted by Crippen LogP contribution is 2.19. The molecule has 0 saturated heterocycles. The van der Waals surface area contributed by atoms with Gasteiger partial charge in [0.15, 0.2) is 9.84 Å². The van der Waals surface area contributed by atoms with Crippen molar-refractivity contribution >= 4 is 27.3 Å². The number of sulfone groups is 1. The quantitative estimate of drug-likeness (QED) is 0.720. The van der Waals surface area contributed by atoms with Gasteiger partial charge < -0.3 is 10.6 Å². The number of carbonyl (C=O) groups excluding carboxylic acids is 2. The number of amides is 2. The maximum Gasteiger partial charge on any atom is 0.226 e. The number of hydrogen-bond acceptors (Lipinski definition) is 4. The molecule has 26 heavy (non-hydrogen) atoms. The van der Waals surface area contributed by atoms with Gasteiger partial charge >= 0.3 is 0 Å². The van der Waals surface area contributed by atoms with E-state index in [0.29, 0.717) is 0 Å². The summed E-state index contributed by atoms with van der Waals surface area (Å²) in [5.41, 5.74) is 0.641. The fourth-order valence-electron chi connectivity index (χ4n) is 2.20. The minimum Gasteiger partial charge on any atom is -0.355 e. The monoisotopic (exact) mass is 378 g/mol. The van der Waals surface area contributed by atoms with Crippen LogP contribution >= 0.6 is 0 Å². The smallest absolute Gasteiger partial charge is 0.226 e. The van der Waals surface area contributed by atoms with Crippen LogP contribution in [0.2, 0.25) is 0 Å². The van der Waals surface area contributed by atoms with E-state index in [4.69, 9.17) is 0 Å². The molecule has 2 aromatic carbocycles. The zero-order valence-electron chi connectivity index (χ0n) is 14.2. The number of anilines is 1. The molecule has 0 heterocycles. The molecule has 0 saturated carbocycles. The lowest BCUT2D eigenvalue weighted by atomic mass is 10.1. The molecule has 2 N–H and O–H groups in total. The van der Waals surface area contributed by atoms with Crippen molar-refractivity contribution in [3.8, 4) is 0 Å². The second-order valence-corrected chi connectivity index (χ2v) is 7.74. The second-order valence-electron chi connectivity index (χ2n) is 5.72. The van der Waals surface area contributed by atoms with Gasteiger partial charge in [-0.25, -0.2) is 12.8 Å². The Morgan fingerprint density at radius 2 is 1.73 bits per heavy atom. The lowest BCUT2D eigenvalue weighted by Gasteiger charge is -2.09. The summed E-state index contributed by atoms with van der Waals surface area (Å²) >= 11 is 0. The summed E-state index contributed by atoms with van der Waals surface area (Å²) in [6.45, 7) is 0.0882. The Balaban J connectivity index is 1.85. The standard InChI is InChI=1S/C18H19FN2O4S/c1-26(24,25)14-7-8-15(19)16(12-14)21-17(22)9-10-20-18(23)11-13-5-3-2-4-6-13/h2-8,12H,9-11H2,1H3,(H,20,23)(H,21,22). The fourth-order valence-corrected chi connectivity index (χ4v) is 2.85. The molecule has 0 aliphatic rings. The molecule has 6 nitrogen and oxygen atoms in total. The summed E-state index contributed by atoms with van der Waals surface area (Å²) in [4.78, 5) is 23.6. The first-order chi connectivity index (χ1) is 12.3. The van der Waals surface area contributed by atoms with Crippen molar-refractivity contribution in [2.45, 2.75) is 17.7 Å². The summed E-state index contributed by atoms with van der Waals surface area (Å²) in [6, 6.07) is 12.3. The van der Waals surface area contributed by atoms with Crippen LogP contribution in [0.15, 0.2) is 53.4 Å². The van der Waals surface area contributed by atoms with E-state index in [1.807, 2.05) is 30.3 Å². The number of benzene rings is 2. The molecule has 0 aliphatic carbocycles. The Morgan fingerprint density at radius 3 is 2.38 bits per heavy atom. The molecule has 0 aliphatic heterocycles. The molecule has 0 unspecified atom stereocenters. The average molecular weight is 378 g/mol. The number of nitrogens with one attached hydrogen (secondary N) is 2. The third-order valence-electron chi connectivity index (χ3n) is 3.52. The normalized spacial score (nSPS) is 11.0. The van der Waals surface area contributed by atoms with Crippen molar-refractivity contribution in [1.29, 1.82) is 0 Å². The first-order valence-electron chi connectivity index (χ1n) is 7.86. The molecule has 2 amide bonds. The first kappa shape index (κ1) is 19.6. The van der Waals surface area contributed by atoms with Gasteiger partial charge in [-0.2, -0.15) is 0 Å². The molecule has 2 rings (SSSR count). The number of carbonyl (C=O) groups is 2. The maximum atomic E-state index is 13.7. The highest BCUT2D eigenvalue weighted by Gasteiger charge is 2.13. The van der Waals surface area contributed by atoms with Crippen LogP contribution in [-0.2, 0) is 25.8 Å². The Morgan fingerprint density at radius 1 is 1.04 bits per heavy atom. The van der Waals surface area contributed by atoms with Crippen LogP contribution in [-0.4, -0.2) is 33.0 Å². The summed E-state index contributed by atoms with van der Waals surface area (Å²) in [6.07, 6.45) is 1.13. The van der Waals surface area contributed by atoms with Crippen molar-refractivity contribution < 1.29 is 22.4 Å². The highest BCUT2D eigenvalue weighted by molar-refractivity contribution is 7.90. The van der Waals surface area contributed by atoms with Gasteiger partial charge in [0, 0.05) is 19.2 Å².